The van der Waals surface area contributed by atoms with Crippen LogP contribution in [0.4, 0.5) is 5.00 Å². The van der Waals surface area contributed by atoms with Gasteiger partial charge >= 0.3 is 5.97 Å². The first-order chi connectivity index (χ1) is 12.1. The fourth-order valence-electron chi connectivity index (χ4n) is 2.07. The summed E-state index contributed by atoms with van der Waals surface area (Å²) in [5, 5.41) is 8.79. The highest BCUT2D eigenvalue weighted by molar-refractivity contribution is 7.16. The molecular formula is C14H13N5O4S2. The summed E-state index contributed by atoms with van der Waals surface area (Å²) in [6.07, 6.45) is 1.46. The summed E-state index contributed by atoms with van der Waals surface area (Å²) in [6.45, 7) is 2.04. The van der Waals surface area contributed by atoms with E-state index in [0.717, 1.165) is 11.5 Å². The van der Waals surface area contributed by atoms with E-state index in [0.29, 0.717) is 10.2 Å². The number of rotatable bonds is 6. The summed E-state index contributed by atoms with van der Waals surface area (Å²) in [6, 6.07) is 1.71. The first-order valence-corrected chi connectivity index (χ1v) is 8.97. The number of aromatic nitrogens is 4. The number of carbonyl (C=O) groups is 2. The number of hydrogen-bond acceptors (Lipinski definition) is 9. The van der Waals surface area contributed by atoms with Gasteiger partial charge in [0, 0.05) is 24.5 Å². The zero-order valence-corrected chi connectivity index (χ0v) is 14.7. The number of amides is 1. The van der Waals surface area contributed by atoms with Crippen LogP contribution in [-0.2, 0) is 16.1 Å². The Labute approximate surface area is 149 Å². The lowest BCUT2D eigenvalue weighted by atomic mass is 10.3. The van der Waals surface area contributed by atoms with Crippen molar-refractivity contribution in [2.24, 2.45) is 0 Å². The van der Waals surface area contributed by atoms with Crippen molar-refractivity contribution in [2.45, 2.75) is 19.9 Å². The Balaban J connectivity index is 1.65. The van der Waals surface area contributed by atoms with E-state index in [1.54, 1.807) is 18.4 Å². The number of anilines is 1. The molecule has 0 radical (unpaired) electrons. The lowest BCUT2D eigenvalue weighted by Gasteiger charge is -2.06. The van der Waals surface area contributed by atoms with Crippen LogP contribution in [0.25, 0.3) is 10.2 Å². The molecule has 1 amide bonds. The van der Waals surface area contributed by atoms with Gasteiger partial charge in [-0.05, 0) is 18.4 Å². The summed E-state index contributed by atoms with van der Waals surface area (Å²) in [5.41, 5.74) is -0.218. The van der Waals surface area contributed by atoms with Gasteiger partial charge in [0.2, 0.25) is 11.6 Å². The normalized spacial score (nSPS) is 10.8. The van der Waals surface area contributed by atoms with Crippen LogP contribution < -0.4 is 10.9 Å². The van der Waals surface area contributed by atoms with Crippen molar-refractivity contribution >= 4 is 50.0 Å². The number of aryl methyl sites for hydroxylation is 1. The molecule has 11 heteroatoms. The number of carbonyl (C=O) groups excluding carboxylic acids is 2. The molecule has 0 aromatic carbocycles. The minimum absolute atomic E-state index is 0.0290. The van der Waals surface area contributed by atoms with E-state index < -0.39 is 5.97 Å². The zero-order valence-electron chi connectivity index (χ0n) is 13.1. The quantitative estimate of drug-likeness (QED) is 0.645. The maximum Gasteiger partial charge on any atom is 0.362 e. The molecule has 0 saturated heterocycles. The summed E-state index contributed by atoms with van der Waals surface area (Å²) < 4.78 is 9.88. The topological polar surface area (TPSA) is 116 Å². The van der Waals surface area contributed by atoms with Crippen LogP contribution in [0.2, 0.25) is 0 Å². The Bertz CT molecular complexity index is 977. The number of hydrogen-bond donors (Lipinski definition) is 1. The molecule has 0 saturated carbocycles. The van der Waals surface area contributed by atoms with E-state index in [2.05, 4.69) is 19.9 Å². The van der Waals surface area contributed by atoms with Crippen LogP contribution in [0.3, 0.4) is 0 Å². The highest BCUT2D eigenvalue weighted by Crippen LogP contribution is 2.19. The number of ether oxygens (including phenoxy) is 1. The van der Waals surface area contributed by atoms with E-state index in [4.69, 9.17) is 4.74 Å². The number of thiophene rings is 1. The molecule has 0 atom stereocenters. The van der Waals surface area contributed by atoms with Gasteiger partial charge in [-0.1, -0.05) is 4.49 Å². The number of nitrogens with one attached hydrogen (secondary N) is 1. The molecule has 0 bridgehead atoms. The number of fused-ring (bicyclic) bond motifs is 1. The lowest BCUT2D eigenvalue weighted by Crippen LogP contribution is -2.23. The van der Waals surface area contributed by atoms with Gasteiger partial charge in [-0.15, -0.1) is 16.4 Å². The average molecular weight is 379 g/mol. The molecule has 0 aliphatic rings. The molecule has 3 aromatic heterocycles. The summed E-state index contributed by atoms with van der Waals surface area (Å²) >= 11 is 2.27. The van der Waals surface area contributed by atoms with Crippen molar-refractivity contribution in [1.29, 1.82) is 0 Å². The second-order valence-electron chi connectivity index (χ2n) is 4.85. The smallest absolute Gasteiger partial charge is 0.362 e. The van der Waals surface area contributed by atoms with Crippen molar-refractivity contribution in [1.82, 2.24) is 19.1 Å². The van der Waals surface area contributed by atoms with Crippen LogP contribution in [0.5, 0.6) is 0 Å². The largest absolute Gasteiger partial charge is 0.461 e. The third-order valence-corrected chi connectivity index (χ3v) is 4.70. The molecule has 0 spiro atoms. The molecule has 0 aliphatic carbocycles. The molecule has 9 nitrogen and oxygen atoms in total. The Morgan fingerprint density at radius 1 is 1.40 bits per heavy atom. The van der Waals surface area contributed by atoms with Crippen LogP contribution in [0, 0.1) is 0 Å². The minimum Gasteiger partial charge on any atom is -0.461 e. The van der Waals surface area contributed by atoms with Gasteiger partial charge < -0.3 is 10.1 Å². The fraction of sp³-hybridized carbons (Fsp3) is 0.286. The highest BCUT2D eigenvalue weighted by atomic mass is 32.1. The van der Waals surface area contributed by atoms with E-state index in [1.165, 1.54) is 22.2 Å². The average Bonchev–Trinajstić information content (AvgIpc) is 3.24. The minimum atomic E-state index is -0.644. The van der Waals surface area contributed by atoms with Crippen LogP contribution in [-0.4, -0.2) is 37.6 Å². The van der Waals surface area contributed by atoms with Crippen molar-refractivity contribution in [3.63, 3.8) is 0 Å². The second-order valence-corrected chi connectivity index (χ2v) is 6.50. The Morgan fingerprint density at radius 3 is 3.04 bits per heavy atom. The van der Waals surface area contributed by atoms with Gasteiger partial charge in [0.15, 0.2) is 5.00 Å². The van der Waals surface area contributed by atoms with Gasteiger partial charge in [0.25, 0.3) is 5.56 Å². The van der Waals surface area contributed by atoms with E-state index >= 15 is 0 Å². The van der Waals surface area contributed by atoms with Gasteiger partial charge in [-0.2, -0.15) is 0 Å². The zero-order chi connectivity index (χ0) is 17.8. The van der Waals surface area contributed by atoms with Crippen LogP contribution >= 0.6 is 22.9 Å². The first kappa shape index (κ1) is 17.2. The van der Waals surface area contributed by atoms with Gasteiger partial charge in [-0.3, -0.25) is 14.2 Å². The lowest BCUT2D eigenvalue weighted by molar-refractivity contribution is -0.116. The van der Waals surface area contributed by atoms with Crippen molar-refractivity contribution in [2.75, 3.05) is 11.9 Å². The Morgan fingerprint density at radius 2 is 2.24 bits per heavy atom. The van der Waals surface area contributed by atoms with Gasteiger partial charge in [0.05, 0.1) is 18.3 Å². The molecule has 0 fully saturated rings. The Kier molecular flexibility index (Phi) is 5.14. The molecule has 1 N–H and O–H groups in total. The summed E-state index contributed by atoms with van der Waals surface area (Å²) in [7, 11) is 0. The van der Waals surface area contributed by atoms with Crippen LogP contribution in [0.15, 0.2) is 22.6 Å². The molecule has 3 heterocycles. The SMILES string of the molecule is CCOC(=O)c1nnsc1NC(=O)CCn1cnc2sccc2c1=O. The molecule has 0 aliphatic heterocycles. The van der Waals surface area contributed by atoms with Crippen molar-refractivity contribution in [3.05, 3.63) is 33.8 Å². The standard InChI is InChI=1S/C14H13N5O4S2/c1-2-23-14(22)10-12(25-18-17-10)16-9(20)3-5-19-7-15-11-8(13(19)21)4-6-24-11/h4,6-7H,2-3,5H2,1H3,(H,16,20). The number of esters is 1. The monoisotopic (exact) mass is 379 g/mol. The molecule has 0 unspecified atom stereocenters. The van der Waals surface area contributed by atoms with Crippen LogP contribution in [0.1, 0.15) is 23.8 Å². The first-order valence-electron chi connectivity index (χ1n) is 7.32. The number of nitrogens with zero attached hydrogens (tertiary/aromatic N) is 4. The third kappa shape index (κ3) is 3.72. The predicted octanol–water partition coefficient (Wildman–Crippen LogP) is 1.51. The highest BCUT2D eigenvalue weighted by Gasteiger charge is 2.19. The van der Waals surface area contributed by atoms with Gasteiger partial charge in [0.1, 0.15) is 4.83 Å². The predicted molar refractivity (Wildman–Crippen MR) is 93.0 cm³/mol. The summed E-state index contributed by atoms with van der Waals surface area (Å²) in [5.74, 6) is -1.01. The second kappa shape index (κ2) is 7.49. The molecule has 130 valence electrons. The van der Waals surface area contributed by atoms with E-state index in [1.807, 2.05) is 0 Å². The fourth-order valence-corrected chi connectivity index (χ4v) is 3.37. The van der Waals surface area contributed by atoms with Crippen molar-refractivity contribution < 1.29 is 14.3 Å². The third-order valence-electron chi connectivity index (χ3n) is 3.24. The Hall–Kier alpha value is -2.66. The molecule has 3 aromatic rings. The molecular weight excluding hydrogens is 366 g/mol. The molecule has 25 heavy (non-hydrogen) atoms. The van der Waals surface area contributed by atoms with E-state index in [9.17, 15) is 14.4 Å². The van der Waals surface area contributed by atoms with E-state index in [-0.39, 0.29) is 41.7 Å². The maximum absolute atomic E-state index is 12.3. The summed E-state index contributed by atoms with van der Waals surface area (Å²) in [4.78, 5) is 40.9. The molecule has 3 rings (SSSR count). The maximum atomic E-state index is 12.3. The van der Waals surface area contributed by atoms with Crippen molar-refractivity contribution in [3.8, 4) is 0 Å². The van der Waals surface area contributed by atoms with Gasteiger partial charge in [-0.25, -0.2) is 9.78 Å².